The highest BCUT2D eigenvalue weighted by Crippen LogP contribution is 2.14. The quantitative estimate of drug-likeness (QED) is 0.911. The number of pyridine rings is 1. The molecule has 0 saturated carbocycles. The van der Waals surface area contributed by atoms with Crippen LogP contribution in [0.15, 0.2) is 37.1 Å². The number of rotatable bonds is 5. The van der Waals surface area contributed by atoms with Crippen molar-refractivity contribution in [2.24, 2.45) is 0 Å². The molecule has 1 aliphatic heterocycles. The van der Waals surface area contributed by atoms with Crippen LogP contribution in [0.4, 0.5) is 0 Å². The van der Waals surface area contributed by atoms with Gasteiger partial charge >= 0.3 is 0 Å². The van der Waals surface area contributed by atoms with Crippen molar-refractivity contribution < 1.29 is 4.79 Å². The van der Waals surface area contributed by atoms with Gasteiger partial charge in [-0.3, -0.25) is 9.78 Å². The van der Waals surface area contributed by atoms with Crippen LogP contribution >= 0.6 is 0 Å². The maximum Gasteiger partial charge on any atom is 0.252 e. The van der Waals surface area contributed by atoms with Crippen molar-refractivity contribution in [1.29, 1.82) is 0 Å². The Morgan fingerprint density at radius 2 is 1.87 bits per heavy atom. The van der Waals surface area contributed by atoms with Crippen LogP contribution in [0.5, 0.6) is 0 Å². The highest BCUT2D eigenvalue weighted by atomic mass is 16.1. The fraction of sp³-hybridized carbons (Fsp3) is 0.412. The molecule has 3 heterocycles. The third-order valence-electron chi connectivity index (χ3n) is 4.04. The Balaban J connectivity index is 1.51. The zero-order valence-corrected chi connectivity index (χ0v) is 13.1. The van der Waals surface area contributed by atoms with Gasteiger partial charge in [0.25, 0.3) is 5.91 Å². The smallest absolute Gasteiger partial charge is 0.252 e. The van der Waals surface area contributed by atoms with Crippen molar-refractivity contribution >= 4 is 5.91 Å². The zero-order chi connectivity index (χ0) is 15.9. The summed E-state index contributed by atoms with van der Waals surface area (Å²) in [4.78, 5) is 26.8. The molecule has 0 atom stereocenters. The number of aromatic nitrogens is 3. The SMILES string of the molecule is O=C(NCCN1CCCCC1)c1ccc(-c2cncnc2)nc1. The van der Waals surface area contributed by atoms with Crippen LogP contribution < -0.4 is 5.32 Å². The summed E-state index contributed by atoms with van der Waals surface area (Å²) in [5.74, 6) is -0.0784. The van der Waals surface area contributed by atoms with Gasteiger partial charge in [-0.2, -0.15) is 0 Å². The minimum atomic E-state index is -0.0784. The Hall–Kier alpha value is -2.34. The first-order valence-electron chi connectivity index (χ1n) is 8.05. The van der Waals surface area contributed by atoms with Crippen molar-refractivity contribution in [3.05, 3.63) is 42.6 Å². The molecule has 0 aromatic carbocycles. The van der Waals surface area contributed by atoms with E-state index in [2.05, 4.69) is 25.2 Å². The van der Waals surface area contributed by atoms with Gasteiger partial charge in [0.2, 0.25) is 0 Å². The summed E-state index contributed by atoms with van der Waals surface area (Å²) in [5.41, 5.74) is 2.17. The van der Waals surface area contributed by atoms with E-state index in [0.717, 1.165) is 30.9 Å². The summed E-state index contributed by atoms with van der Waals surface area (Å²) < 4.78 is 0. The van der Waals surface area contributed by atoms with Gasteiger partial charge in [0, 0.05) is 37.2 Å². The van der Waals surface area contributed by atoms with E-state index in [1.54, 1.807) is 24.7 Å². The third kappa shape index (κ3) is 4.32. The van der Waals surface area contributed by atoms with Gasteiger partial charge in [-0.15, -0.1) is 0 Å². The molecule has 0 aliphatic carbocycles. The minimum absolute atomic E-state index is 0.0784. The van der Waals surface area contributed by atoms with Crippen LogP contribution in [-0.2, 0) is 0 Å². The Kier molecular flexibility index (Phi) is 5.26. The fourth-order valence-electron chi connectivity index (χ4n) is 2.74. The van der Waals surface area contributed by atoms with Gasteiger partial charge in [0.05, 0.1) is 11.3 Å². The Morgan fingerprint density at radius 1 is 1.09 bits per heavy atom. The van der Waals surface area contributed by atoms with Crippen molar-refractivity contribution in [3.63, 3.8) is 0 Å². The number of nitrogens with one attached hydrogen (secondary N) is 1. The van der Waals surface area contributed by atoms with Crippen LogP contribution in [0.2, 0.25) is 0 Å². The molecule has 120 valence electrons. The molecule has 0 spiro atoms. The third-order valence-corrected chi connectivity index (χ3v) is 4.04. The summed E-state index contributed by atoms with van der Waals surface area (Å²) in [6.45, 7) is 3.88. The maximum atomic E-state index is 12.1. The predicted molar refractivity (Wildman–Crippen MR) is 87.9 cm³/mol. The number of piperidine rings is 1. The maximum absolute atomic E-state index is 12.1. The predicted octanol–water partition coefficient (Wildman–Crippen LogP) is 1.75. The second-order valence-corrected chi connectivity index (χ2v) is 5.72. The van der Waals surface area contributed by atoms with Crippen molar-refractivity contribution in [2.75, 3.05) is 26.2 Å². The van der Waals surface area contributed by atoms with Crippen molar-refractivity contribution in [3.8, 4) is 11.3 Å². The molecule has 23 heavy (non-hydrogen) atoms. The van der Waals surface area contributed by atoms with Crippen LogP contribution in [0.1, 0.15) is 29.6 Å². The van der Waals surface area contributed by atoms with Crippen molar-refractivity contribution in [1.82, 2.24) is 25.2 Å². The van der Waals surface area contributed by atoms with Gasteiger partial charge in [-0.05, 0) is 38.1 Å². The molecule has 1 aliphatic rings. The highest BCUT2D eigenvalue weighted by molar-refractivity contribution is 5.94. The van der Waals surface area contributed by atoms with E-state index in [9.17, 15) is 4.79 Å². The highest BCUT2D eigenvalue weighted by Gasteiger charge is 2.11. The molecule has 3 rings (SSSR count). The van der Waals surface area contributed by atoms with Gasteiger partial charge in [0.1, 0.15) is 6.33 Å². The first kappa shape index (κ1) is 15.6. The molecule has 2 aromatic heterocycles. The molecular weight excluding hydrogens is 290 g/mol. The normalized spacial score (nSPS) is 15.3. The Bertz CT molecular complexity index is 623. The largest absolute Gasteiger partial charge is 0.351 e. The average Bonchev–Trinajstić information content (AvgIpc) is 2.63. The van der Waals surface area contributed by atoms with E-state index in [-0.39, 0.29) is 5.91 Å². The minimum Gasteiger partial charge on any atom is -0.351 e. The van der Waals surface area contributed by atoms with Gasteiger partial charge in [-0.25, -0.2) is 9.97 Å². The second-order valence-electron chi connectivity index (χ2n) is 5.72. The van der Waals surface area contributed by atoms with Gasteiger partial charge < -0.3 is 10.2 Å². The number of amides is 1. The zero-order valence-electron chi connectivity index (χ0n) is 13.1. The first-order valence-corrected chi connectivity index (χ1v) is 8.05. The average molecular weight is 311 g/mol. The molecule has 6 nitrogen and oxygen atoms in total. The molecule has 6 heteroatoms. The van der Waals surface area contributed by atoms with Crippen LogP contribution in [-0.4, -0.2) is 51.9 Å². The molecule has 0 bridgehead atoms. The Morgan fingerprint density at radius 3 is 2.57 bits per heavy atom. The lowest BCUT2D eigenvalue weighted by molar-refractivity contribution is 0.0946. The Labute approximate surface area is 136 Å². The molecule has 1 saturated heterocycles. The number of hydrogen-bond donors (Lipinski definition) is 1. The molecule has 1 amide bonds. The summed E-state index contributed by atoms with van der Waals surface area (Å²) in [7, 11) is 0. The van der Waals surface area contributed by atoms with Crippen LogP contribution in [0, 0.1) is 0 Å². The molecular formula is C17H21N5O. The molecule has 0 radical (unpaired) electrons. The van der Waals surface area contributed by atoms with E-state index >= 15 is 0 Å². The van der Waals surface area contributed by atoms with Gasteiger partial charge in [-0.1, -0.05) is 6.42 Å². The number of carbonyl (C=O) groups excluding carboxylic acids is 1. The van der Waals surface area contributed by atoms with E-state index in [1.807, 2.05) is 6.07 Å². The molecule has 1 fully saturated rings. The number of carbonyl (C=O) groups is 1. The summed E-state index contributed by atoms with van der Waals surface area (Å²) in [6, 6.07) is 3.60. The summed E-state index contributed by atoms with van der Waals surface area (Å²) in [6.07, 6.45) is 10.3. The molecule has 1 N–H and O–H groups in total. The lowest BCUT2D eigenvalue weighted by Gasteiger charge is -2.26. The standard InChI is InChI=1S/C17H21N5O/c23-17(20-6-9-22-7-2-1-3-8-22)14-4-5-16(21-12-14)15-10-18-13-19-11-15/h4-5,10-13H,1-3,6-9H2,(H,20,23). The monoisotopic (exact) mass is 311 g/mol. The lowest BCUT2D eigenvalue weighted by Crippen LogP contribution is -2.37. The van der Waals surface area contributed by atoms with E-state index < -0.39 is 0 Å². The summed E-state index contributed by atoms with van der Waals surface area (Å²) >= 11 is 0. The van der Waals surface area contributed by atoms with Crippen molar-refractivity contribution in [2.45, 2.75) is 19.3 Å². The van der Waals surface area contributed by atoms with E-state index in [4.69, 9.17) is 0 Å². The topological polar surface area (TPSA) is 71.0 Å². The number of likely N-dealkylation sites (tertiary alicyclic amines) is 1. The fourth-order valence-corrected chi connectivity index (χ4v) is 2.74. The van der Waals surface area contributed by atoms with Gasteiger partial charge in [0.15, 0.2) is 0 Å². The number of nitrogens with zero attached hydrogens (tertiary/aromatic N) is 4. The lowest BCUT2D eigenvalue weighted by atomic mass is 10.1. The van der Waals surface area contributed by atoms with E-state index in [1.165, 1.54) is 25.6 Å². The van der Waals surface area contributed by atoms with Crippen LogP contribution in [0.25, 0.3) is 11.3 Å². The molecule has 0 unspecified atom stereocenters. The summed E-state index contributed by atoms with van der Waals surface area (Å²) in [5, 5.41) is 2.96. The van der Waals surface area contributed by atoms with Crippen LogP contribution in [0.3, 0.4) is 0 Å². The number of hydrogen-bond acceptors (Lipinski definition) is 5. The first-order chi connectivity index (χ1) is 11.3. The van der Waals surface area contributed by atoms with E-state index in [0.29, 0.717) is 12.1 Å². The second kappa shape index (κ2) is 7.78. The molecule has 2 aromatic rings.